The van der Waals surface area contributed by atoms with Crippen molar-refractivity contribution in [2.75, 3.05) is 13.2 Å². The summed E-state index contributed by atoms with van der Waals surface area (Å²) in [6, 6.07) is 13.9. The molecule has 4 heteroatoms. The number of benzene rings is 2. The van der Waals surface area contributed by atoms with E-state index in [2.05, 4.69) is 0 Å². The Hall–Kier alpha value is -2.23. The Kier molecular flexibility index (Phi) is 2.76. The van der Waals surface area contributed by atoms with Gasteiger partial charge in [-0.25, -0.2) is 4.79 Å². The van der Waals surface area contributed by atoms with Crippen molar-refractivity contribution < 1.29 is 19.0 Å². The van der Waals surface area contributed by atoms with E-state index in [0.29, 0.717) is 6.61 Å². The van der Waals surface area contributed by atoms with Crippen LogP contribution in [-0.2, 0) is 9.47 Å². The average Bonchev–Trinajstić information content (AvgIpc) is 2.82. The highest BCUT2D eigenvalue weighted by Gasteiger charge is 2.25. The molecule has 0 bridgehead atoms. The Balaban J connectivity index is 1.76. The van der Waals surface area contributed by atoms with Crippen LogP contribution in [0.2, 0.25) is 0 Å². The molecule has 1 atom stereocenters. The molecule has 0 radical (unpaired) electrons. The van der Waals surface area contributed by atoms with Crippen LogP contribution < -0.4 is 4.74 Å². The minimum absolute atomic E-state index is 0.254. The van der Waals surface area contributed by atoms with Crippen LogP contribution in [0.1, 0.15) is 0 Å². The largest absolute Gasteiger partial charge is 0.508 e. The van der Waals surface area contributed by atoms with E-state index in [1.54, 1.807) is 0 Å². The smallest absolute Gasteiger partial charge is 0.489 e. The summed E-state index contributed by atoms with van der Waals surface area (Å²) in [5.41, 5.74) is 0. The molecule has 1 fully saturated rings. The topological polar surface area (TPSA) is 44.8 Å². The second kappa shape index (κ2) is 4.56. The van der Waals surface area contributed by atoms with Crippen LogP contribution >= 0.6 is 0 Å². The maximum absolute atomic E-state index is 10.8. The summed E-state index contributed by atoms with van der Waals surface area (Å²) in [4.78, 5) is 10.8. The van der Waals surface area contributed by atoms with Gasteiger partial charge in [0.25, 0.3) is 0 Å². The van der Waals surface area contributed by atoms with E-state index < -0.39 is 6.16 Å². The van der Waals surface area contributed by atoms with E-state index in [1.807, 2.05) is 42.5 Å². The van der Waals surface area contributed by atoms with E-state index in [1.165, 1.54) is 0 Å². The molecule has 1 aliphatic heterocycles. The van der Waals surface area contributed by atoms with Crippen LogP contribution in [-0.4, -0.2) is 25.5 Å². The fraction of sp³-hybridized carbons (Fsp3) is 0.214. The standard InChI is InChI=1S/C14H12O4/c15-14-17-9-11(18-14)8-16-13-7-3-5-10-4-1-2-6-12(10)13/h1-7,11H,8-9H2. The molecule has 0 N–H and O–H groups in total. The molecule has 2 aromatic rings. The van der Waals surface area contributed by atoms with Gasteiger partial charge in [-0.2, -0.15) is 0 Å². The van der Waals surface area contributed by atoms with Gasteiger partial charge in [0, 0.05) is 5.39 Å². The molecular weight excluding hydrogens is 232 g/mol. The van der Waals surface area contributed by atoms with Crippen molar-refractivity contribution in [3.63, 3.8) is 0 Å². The van der Waals surface area contributed by atoms with Crippen molar-refractivity contribution in [3.8, 4) is 5.75 Å². The zero-order valence-corrected chi connectivity index (χ0v) is 9.67. The molecule has 0 aliphatic carbocycles. The van der Waals surface area contributed by atoms with Crippen molar-refractivity contribution >= 4 is 16.9 Å². The summed E-state index contributed by atoms with van der Waals surface area (Å²) in [5, 5.41) is 2.17. The molecular formula is C14H12O4. The first kappa shape index (κ1) is 10.9. The Labute approximate surface area is 104 Å². The third kappa shape index (κ3) is 2.09. The molecule has 1 heterocycles. The van der Waals surface area contributed by atoms with E-state index in [0.717, 1.165) is 16.5 Å². The fourth-order valence-corrected chi connectivity index (χ4v) is 1.95. The molecule has 0 saturated carbocycles. The molecule has 92 valence electrons. The van der Waals surface area contributed by atoms with Gasteiger partial charge < -0.3 is 14.2 Å². The van der Waals surface area contributed by atoms with Crippen LogP contribution in [0.3, 0.4) is 0 Å². The average molecular weight is 244 g/mol. The van der Waals surface area contributed by atoms with Crippen LogP contribution in [0.15, 0.2) is 42.5 Å². The molecule has 1 aliphatic rings. The quantitative estimate of drug-likeness (QED) is 0.779. The zero-order valence-electron chi connectivity index (χ0n) is 9.67. The molecule has 3 rings (SSSR count). The molecule has 0 aromatic heterocycles. The minimum atomic E-state index is -0.624. The minimum Gasteiger partial charge on any atom is -0.489 e. The lowest BCUT2D eigenvalue weighted by molar-refractivity contribution is 0.0987. The number of cyclic esters (lactones) is 2. The van der Waals surface area contributed by atoms with Crippen molar-refractivity contribution in [2.45, 2.75) is 6.10 Å². The summed E-state index contributed by atoms with van der Waals surface area (Å²) in [6.45, 7) is 0.559. The van der Waals surface area contributed by atoms with Gasteiger partial charge in [0.05, 0.1) is 0 Å². The predicted octanol–water partition coefficient (Wildman–Crippen LogP) is 2.75. The summed E-state index contributed by atoms with van der Waals surface area (Å²) in [7, 11) is 0. The highest BCUT2D eigenvalue weighted by Crippen LogP contribution is 2.25. The first-order valence-corrected chi connectivity index (χ1v) is 5.77. The number of hydrogen-bond acceptors (Lipinski definition) is 4. The number of fused-ring (bicyclic) bond motifs is 1. The lowest BCUT2D eigenvalue weighted by Gasteiger charge is -2.11. The van der Waals surface area contributed by atoms with Gasteiger partial charge in [-0.3, -0.25) is 0 Å². The number of rotatable bonds is 3. The molecule has 18 heavy (non-hydrogen) atoms. The van der Waals surface area contributed by atoms with Gasteiger partial charge >= 0.3 is 6.16 Å². The number of carbonyl (C=O) groups is 1. The molecule has 0 spiro atoms. The molecule has 1 unspecified atom stereocenters. The van der Waals surface area contributed by atoms with Gasteiger partial charge in [-0.05, 0) is 11.5 Å². The van der Waals surface area contributed by atoms with Crippen molar-refractivity contribution in [1.82, 2.24) is 0 Å². The Morgan fingerprint density at radius 1 is 1.17 bits per heavy atom. The third-order valence-electron chi connectivity index (χ3n) is 2.82. The highest BCUT2D eigenvalue weighted by molar-refractivity contribution is 5.88. The third-order valence-corrected chi connectivity index (χ3v) is 2.82. The zero-order chi connectivity index (χ0) is 12.4. The van der Waals surface area contributed by atoms with Crippen molar-refractivity contribution in [1.29, 1.82) is 0 Å². The lowest BCUT2D eigenvalue weighted by atomic mass is 10.1. The maximum Gasteiger partial charge on any atom is 0.508 e. The van der Waals surface area contributed by atoms with Crippen LogP contribution in [0, 0.1) is 0 Å². The second-order valence-corrected chi connectivity index (χ2v) is 4.09. The summed E-state index contributed by atoms with van der Waals surface area (Å²) in [6.07, 6.45) is -0.946. The number of ether oxygens (including phenoxy) is 3. The van der Waals surface area contributed by atoms with Gasteiger partial charge in [-0.1, -0.05) is 36.4 Å². The summed E-state index contributed by atoms with van der Waals surface area (Å²) >= 11 is 0. The molecule has 4 nitrogen and oxygen atoms in total. The van der Waals surface area contributed by atoms with Gasteiger partial charge in [-0.15, -0.1) is 0 Å². The van der Waals surface area contributed by atoms with Gasteiger partial charge in [0.1, 0.15) is 19.0 Å². The SMILES string of the molecule is O=C1OCC(COc2cccc3ccccc23)O1. The second-order valence-electron chi connectivity index (χ2n) is 4.09. The Morgan fingerprint density at radius 3 is 2.83 bits per heavy atom. The van der Waals surface area contributed by atoms with Crippen molar-refractivity contribution in [3.05, 3.63) is 42.5 Å². The summed E-state index contributed by atoms with van der Waals surface area (Å²) < 4.78 is 15.3. The van der Waals surface area contributed by atoms with Crippen LogP contribution in [0.5, 0.6) is 5.75 Å². The van der Waals surface area contributed by atoms with Crippen molar-refractivity contribution in [2.24, 2.45) is 0 Å². The van der Waals surface area contributed by atoms with Crippen LogP contribution in [0.4, 0.5) is 4.79 Å². The monoisotopic (exact) mass is 244 g/mol. The molecule has 2 aromatic carbocycles. The lowest BCUT2D eigenvalue weighted by Crippen LogP contribution is -2.20. The fourth-order valence-electron chi connectivity index (χ4n) is 1.95. The first-order valence-electron chi connectivity index (χ1n) is 5.77. The van der Waals surface area contributed by atoms with E-state index in [9.17, 15) is 4.79 Å². The molecule has 1 saturated heterocycles. The van der Waals surface area contributed by atoms with E-state index in [-0.39, 0.29) is 12.7 Å². The highest BCUT2D eigenvalue weighted by atomic mass is 16.8. The van der Waals surface area contributed by atoms with E-state index in [4.69, 9.17) is 14.2 Å². The number of hydrogen-bond donors (Lipinski definition) is 0. The molecule has 0 amide bonds. The number of carbonyl (C=O) groups excluding carboxylic acids is 1. The summed E-state index contributed by atoms with van der Waals surface area (Å²) in [5.74, 6) is 0.788. The maximum atomic E-state index is 10.8. The Morgan fingerprint density at radius 2 is 2.00 bits per heavy atom. The predicted molar refractivity (Wildman–Crippen MR) is 65.7 cm³/mol. The van der Waals surface area contributed by atoms with Crippen LogP contribution in [0.25, 0.3) is 10.8 Å². The Bertz CT molecular complexity index is 574. The normalized spacial score (nSPS) is 18.4. The van der Waals surface area contributed by atoms with Gasteiger partial charge in [0.2, 0.25) is 0 Å². The first-order chi connectivity index (χ1) is 8.83. The van der Waals surface area contributed by atoms with E-state index >= 15 is 0 Å². The van der Waals surface area contributed by atoms with Gasteiger partial charge in [0.15, 0.2) is 6.10 Å².